The second-order valence-corrected chi connectivity index (χ2v) is 12.6. The number of phenolic OH excluding ortho intramolecular Hbond substituents is 1. The first-order chi connectivity index (χ1) is 20.9. The zero-order valence-corrected chi connectivity index (χ0v) is 27.3. The van der Waals surface area contributed by atoms with Crippen molar-refractivity contribution in [3.8, 4) is 5.75 Å². The van der Waals surface area contributed by atoms with Gasteiger partial charge in [0.15, 0.2) is 0 Å². The Bertz CT molecular complexity index is 1430. The number of carbonyl (C=O) groups excluding carboxylic acids is 3. The normalized spacial score (nSPS) is 13.5. The van der Waals surface area contributed by atoms with E-state index in [-0.39, 0.29) is 18.2 Å². The van der Waals surface area contributed by atoms with Gasteiger partial charge in [-0.15, -0.1) is 0 Å². The number of aryl methyl sites for hydroxylation is 1. The van der Waals surface area contributed by atoms with Crippen LogP contribution in [0.25, 0.3) is 10.8 Å². The molecule has 8 heteroatoms. The van der Waals surface area contributed by atoms with Crippen molar-refractivity contribution in [1.82, 2.24) is 10.2 Å². The molecule has 3 amide bonds. The summed E-state index contributed by atoms with van der Waals surface area (Å²) < 4.78 is 5.51. The summed E-state index contributed by atoms with van der Waals surface area (Å²) >= 11 is 0. The number of fused-ring (bicyclic) bond motifs is 1. The van der Waals surface area contributed by atoms with Crippen LogP contribution in [0.15, 0.2) is 60.7 Å². The molecule has 3 aromatic rings. The van der Waals surface area contributed by atoms with E-state index in [2.05, 4.69) is 17.6 Å². The summed E-state index contributed by atoms with van der Waals surface area (Å²) in [5.41, 5.74) is 0.749. The maximum atomic E-state index is 14.5. The van der Waals surface area contributed by atoms with E-state index in [9.17, 15) is 19.5 Å². The topological polar surface area (TPSA) is 108 Å². The average molecular weight is 604 g/mol. The first-order valence-corrected chi connectivity index (χ1v) is 15.7. The minimum atomic E-state index is -1.15. The van der Waals surface area contributed by atoms with Crippen LogP contribution in [0.2, 0.25) is 0 Å². The molecule has 0 aliphatic carbocycles. The highest BCUT2D eigenvalue weighted by atomic mass is 16.6. The van der Waals surface area contributed by atoms with E-state index >= 15 is 0 Å². The summed E-state index contributed by atoms with van der Waals surface area (Å²) in [4.78, 5) is 43.3. The SMILES string of the molecule is CCCCCCN(C(=O)C(NC(=O)OC(C)(C)C)C(C)CC)C(C(=O)Nc1ccc2ccccc2c1)c1cccc(C)c1O. The number of rotatable bonds is 13. The number of alkyl carbamates (subject to hydrolysis) is 1. The molecule has 238 valence electrons. The van der Waals surface area contributed by atoms with E-state index in [1.54, 1.807) is 45.9 Å². The van der Waals surface area contributed by atoms with E-state index in [0.29, 0.717) is 29.7 Å². The van der Waals surface area contributed by atoms with Crippen LogP contribution in [-0.2, 0) is 14.3 Å². The number of nitrogens with zero attached hydrogens (tertiary/aromatic N) is 1. The van der Waals surface area contributed by atoms with Gasteiger partial charge in [-0.1, -0.05) is 95.0 Å². The van der Waals surface area contributed by atoms with Crippen molar-refractivity contribution in [2.24, 2.45) is 5.92 Å². The van der Waals surface area contributed by atoms with Gasteiger partial charge in [-0.05, 0) is 68.5 Å². The number of benzene rings is 3. The smallest absolute Gasteiger partial charge is 0.408 e. The third-order valence-corrected chi connectivity index (χ3v) is 7.83. The van der Waals surface area contributed by atoms with Crippen LogP contribution in [0.4, 0.5) is 10.5 Å². The van der Waals surface area contributed by atoms with Gasteiger partial charge in [0.2, 0.25) is 5.91 Å². The molecule has 3 rings (SSSR count). The maximum Gasteiger partial charge on any atom is 0.408 e. The van der Waals surface area contributed by atoms with Crippen LogP contribution >= 0.6 is 0 Å². The predicted molar refractivity (Wildman–Crippen MR) is 177 cm³/mol. The molecule has 3 unspecified atom stereocenters. The Hall–Kier alpha value is -4.07. The number of nitrogens with one attached hydrogen (secondary N) is 2. The van der Waals surface area contributed by atoms with Crippen molar-refractivity contribution < 1.29 is 24.2 Å². The van der Waals surface area contributed by atoms with E-state index in [1.807, 2.05) is 56.3 Å². The molecule has 0 spiro atoms. The van der Waals surface area contributed by atoms with Crippen molar-refractivity contribution in [3.63, 3.8) is 0 Å². The zero-order valence-electron chi connectivity index (χ0n) is 27.3. The molecule has 0 fully saturated rings. The van der Waals surface area contributed by atoms with Gasteiger partial charge in [-0.25, -0.2) is 4.79 Å². The molecule has 0 aliphatic rings. The van der Waals surface area contributed by atoms with Gasteiger partial charge in [0, 0.05) is 17.8 Å². The van der Waals surface area contributed by atoms with Crippen LogP contribution < -0.4 is 10.6 Å². The number of amides is 3. The summed E-state index contributed by atoms with van der Waals surface area (Å²) in [5.74, 6) is -1.15. The summed E-state index contributed by atoms with van der Waals surface area (Å²) in [5, 5.41) is 19.0. The highest BCUT2D eigenvalue weighted by Gasteiger charge is 2.39. The highest BCUT2D eigenvalue weighted by Crippen LogP contribution is 2.34. The number of hydrogen-bond acceptors (Lipinski definition) is 5. The van der Waals surface area contributed by atoms with Crippen molar-refractivity contribution in [3.05, 3.63) is 71.8 Å². The minimum absolute atomic E-state index is 0.0438. The Balaban J connectivity index is 2.09. The van der Waals surface area contributed by atoms with Gasteiger partial charge in [0.25, 0.3) is 5.91 Å². The van der Waals surface area contributed by atoms with Crippen molar-refractivity contribution in [2.75, 3.05) is 11.9 Å². The maximum absolute atomic E-state index is 14.5. The van der Waals surface area contributed by atoms with Gasteiger partial charge >= 0.3 is 6.09 Å². The molecule has 0 radical (unpaired) electrons. The number of ether oxygens (including phenoxy) is 1. The fourth-order valence-electron chi connectivity index (χ4n) is 5.20. The number of carbonyl (C=O) groups is 3. The number of anilines is 1. The van der Waals surface area contributed by atoms with Gasteiger partial charge in [-0.2, -0.15) is 0 Å². The molecule has 0 bridgehead atoms. The van der Waals surface area contributed by atoms with E-state index < -0.39 is 35.6 Å². The van der Waals surface area contributed by atoms with Crippen molar-refractivity contribution in [2.45, 2.75) is 98.3 Å². The van der Waals surface area contributed by atoms with Crippen LogP contribution in [0.5, 0.6) is 5.75 Å². The Morgan fingerprint density at radius 3 is 2.30 bits per heavy atom. The second kappa shape index (κ2) is 15.6. The van der Waals surface area contributed by atoms with Crippen LogP contribution in [-0.4, -0.2) is 46.1 Å². The number of hydrogen-bond donors (Lipinski definition) is 3. The third-order valence-electron chi connectivity index (χ3n) is 7.83. The Morgan fingerprint density at radius 1 is 0.932 bits per heavy atom. The zero-order chi connectivity index (χ0) is 32.4. The Labute approximate surface area is 262 Å². The standard InChI is InChI=1S/C36H49N3O5/c1-8-10-11-14-22-39(34(42)30(24(3)9-2)38-35(43)44-36(5,6)7)31(29-19-15-16-25(4)32(29)40)33(41)37-28-21-20-26-17-12-13-18-27(26)23-28/h12-13,15-21,23-24,30-31,40H,8-11,14,22H2,1-7H3,(H,37,41)(H,38,43). The van der Waals surface area contributed by atoms with E-state index in [0.717, 1.165) is 30.0 Å². The molecule has 0 saturated heterocycles. The number of para-hydroxylation sites is 1. The molecular weight excluding hydrogens is 554 g/mol. The lowest BCUT2D eigenvalue weighted by atomic mass is 9.94. The summed E-state index contributed by atoms with van der Waals surface area (Å²) in [6.45, 7) is 13.3. The fraction of sp³-hybridized carbons (Fsp3) is 0.472. The van der Waals surface area contributed by atoms with Crippen LogP contribution in [0.3, 0.4) is 0 Å². The number of phenols is 1. The van der Waals surface area contributed by atoms with Crippen LogP contribution in [0, 0.1) is 12.8 Å². The first-order valence-electron chi connectivity index (χ1n) is 15.7. The lowest BCUT2D eigenvalue weighted by molar-refractivity contribution is -0.142. The van der Waals surface area contributed by atoms with Gasteiger partial charge in [0.05, 0.1) is 0 Å². The Kier molecular flexibility index (Phi) is 12.2. The molecule has 8 nitrogen and oxygen atoms in total. The second-order valence-electron chi connectivity index (χ2n) is 12.6. The molecule has 0 aromatic heterocycles. The number of aromatic hydroxyl groups is 1. The van der Waals surface area contributed by atoms with Gasteiger partial charge in [-0.3, -0.25) is 9.59 Å². The van der Waals surface area contributed by atoms with Gasteiger partial charge < -0.3 is 25.4 Å². The van der Waals surface area contributed by atoms with E-state index in [1.165, 1.54) is 4.90 Å². The van der Waals surface area contributed by atoms with E-state index in [4.69, 9.17) is 4.74 Å². The van der Waals surface area contributed by atoms with Crippen LogP contribution in [0.1, 0.15) is 90.8 Å². The quantitative estimate of drug-likeness (QED) is 0.172. The van der Waals surface area contributed by atoms with Crippen molar-refractivity contribution in [1.29, 1.82) is 0 Å². The average Bonchev–Trinajstić information content (AvgIpc) is 2.97. The van der Waals surface area contributed by atoms with Gasteiger partial charge in [0.1, 0.15) is 23.4 Å². The summed E-state index contributed by atoms with van der Waals surface area (Å²) in [7, 11) is 0. The summed E-state index contributed by atoms with van der Waals surface area (Å²) in [6, 6.07) is 16.6. The predicted octanol–water partition coefficient (Wildman–Crippen LogP) is 7.88. The molecule has 0 aliphatic heterocycles. The monoisotopic (exact) mass is 603 g/mol. The largest absolute Gasteiger partial charge is 0.507 e. The molecular formula is C36H49N3O5. The lowest BCUT2D eigenvalue weighted by Crippen LogP contribution is -2.55. The first kappa shape index (κ1) is 34.4. The van der Waals surface area contributed by atoms with Crippen molar-refractivity contribution >= 4 is 34.4 Å². The minimum Gasteiger partial charge on any atom is -0.507 e. The third kappa shape index (κ3) is 9.21. The lowest BCUT2D eigenvalue weighted by Gasteiger charge is -2.36. The molecule has 3 aromatic carbocycles. The molecule has 0 saturated carbocycles. The molecule has 44 heavy (non-hydrogen) atoms. The molecule has 3 atom stereocenters. The molecule has 3 N–H and O–H groups in total. The fourth-order valence-corrected chi connectivity index (χ4v) is 5.20. The Morgan fingerprint density at radius 2 is 1.64 bits per heavy atom. The highest BCUT2D eigenvalue weighted by molar-refractivity contribution is 6.00. The molecule has 0 heterocycles. The summed E-state index contributed by atoms with van der Waals surface area (Å²) in [6.07, 6.45) is 3.43. The number of unbranched alkanes of at least 4 members (excludes halogenated alkanes) is 3.